The van der Waals surface area contributed by atoms with Crippen LogP contribution < -0.4 is 14.8 Å². The number of nitrogens with zero attached hydrogens (tertiary/aromatic N) is 5. The highest BCUT2D eigenvalue weighted by molar-refractivity contribution is 6.34. The molecule has 0 aliphatic rings. The predicted molar refractivity (Wildman–Crippen MR) is 135 cm³/mol. The first-order chi connectivity index (χ1) is 17.0. The van der Waals surface area contributed by atoms with E-state index >= 15 is 0 Å². The molecular formula is C23H21Cl2N7O3. The van der Waals surface area contributed by atoms with Crippen LogP contribution in [0.5, 0.6) is 11.5 Å². The van der Waals surface area contributed by atoms with Crippen LogP contribution in [0.1, 0.15) is 5.82 Å². The van der Waals surface area contributed by atoms with E-state index in [1.54, 1.807) is 37.2 Å². The summed E-state index contributed by atoms with van der Waals surface area (Å²) in [7, 11) is 3.12. The molecule has 0 amide bonds. The van der Waals surface area contributed by atoms with Gasteiger partial charge in [0.05, 0.1) is 37.9 Å². The molecule has 0 bridgehead atoms. The number of hydrogen-bond acceptors (Lipinski definition) is 8. The minimum Gasteiger partial charge on any atom is -0.493 e. The van der Waals surface area contributed by atoms with Crippen LogP contribution in [0.3, 0.4) is 0 Å². The van der Waals surface area contributed by atoms with Crippen LogP contribution >= 0.6 is 23.2 Å². The zero-order valence-corrected chi connectivity index (χ0v) is 20.4. The van der Waals surface area contributed by atoms with E-state index in [0.29, 0.717) is 57.6 Å². The first kappa shape index (κ1) is 23.2. The summed E-state index contributed by atoms with van der Waals surface area (Å²) in [5.41, 5.74) is 3.43. The van der Waals surface area contributed by atoms with E-state index in [4.69, 9.17) is 37.8 Å². The smallest absolute Gasteiger partial charge is 0.179 e. The molecule has 3 N–H and O–H groups in total. The van der Waals surface area contributed by atoms with Gasteiger partial charge in [-0.2, -0.15) is 5.10 Å². The van der Waals surface area contributed by atoms with Gasteiger partial charge in [-0.15, -0.1) is 0 Å². The summed E-state index contributed by atoms with van der Waals surface area (Å²) in [6.07, 6.45) is 3.62. The molecule has 180 valence electrons. The maximum absolute atomic E-state index is 9.28. The van der Waals surface area contributed by atoms with Crippen LogP contribution in [0.4, 0.5) is 5.82 Å². The van der Waals surface area contributed by atoms with Crippen molar-refractivity contribution >= 4 is 51.1 Å². The summed E-state index contributed by atoms with van der Waals surface area (Å²) in [4.78, 5) is 16.5. The summed E-state index contributed by atoms with van der Waals surface area (Å²) in [6, 6.07) is 7.05. The minimum absolute atomic E-state index is 0.0400. The number of aromatic nitrogens is 6. The zero-order valence-electron chi connectivity index (χ0n) is 18.8. The zero-order chi connectivity index (χ0) is 24.5. The molecule has 0 aliphatic carbocycles. The molecular weight excluding hydrogens is 493 g/mol. The number of ether oxygens (including phenoxy) is 2. The monoisotopic (exact) mass is 513 g/mol. The van der Waals surface area contributed by atoms with E-state index in [1.165, 1.54) is 0 Å². The van der Waals surface area contributed by atoms with Gasteiger partial charge in [0, 0.05) is 41.5 Å². The van der Waals surface area contributed by atoms with Crippen LogP contribution in [0.25, 0.3) is 33.2 Å². The number of benzene rings is 1. The van der Waals surface area contributed by atoms with Gasteiger partial charge >= 0.3 is 0 Å². The number of rotatable bonds is 8. The van der Waals surface area contributed by atoms with E-state index in [0.717, 1.165) is 22.0 Å². The van der Waals surface area contributed by atoms with Gasteiger partial charge in [0.1, 0.15) is 16.5 Å². The van der Waals surface area contributed by atoms with Crippen molar-refractivity contribution < 1.29 is 14.6 Å². The summed E-state index contributed by atoms with van der Waals surface area (Å²) in [6.45, 7) is 0.657. The SMILES string of the molecule is COc1cc(Cl)c(-c2cnc(NCCO)c3nn(Cc4nc5nc(Cl)ccc5[nH]4)cc23)cc1OC. The van der Waals surface area contributed by atoms with E-state index in [1.807, 2.05) is 18.3 Å². The normalized spacial score (nSPS) is 11.3. The predicted octanol–water partition coefficient (Wildman–Crippen LogP) is 4.15. The van der Waals surface area contributed by atoms with Crippen LogP contribution in [-0.2, 0) is 6.54 Å². The lowest BCUT2D eigenvalue weighted by molar-refractivity contribution is 0.311. The highest BCUT2D eigenvalue weighted by Gasteiger charge is 2.19. The Balaban J connectivity index is 1.61. The number of H-pyrrole nitrogens is 1. The van der Waals surface area contributed by atoms with Crippen molar-refractivity contribution in [2.75, 3.05) is 32.7 Å². The van der Waals surface area contributed by atoms with E-state index < -0.39 is 0 Å². The Kier molecular flexibility index (Phi) is 6.33. The van der Waals surface area contributed by atoms with Gasteiger partial charge in [-0.1, -0.05) is 23.2 Å². The third kappa shape index (κ3) is 4.43. The fourth-order valence-electron chi connectivity index (χ4n) is 3.86. The Morgan fingerprint density at radius 3 is 2.66 bits per heavy atom. The van der Waals surface area contributed by atoms with E-state index in [-0.39, 0.29) is 6.61 Å². The molecule has 4 heterocycles. The van der Waals surface area contributed by atoms with Crippen molar-refractivity contribution in [3.63, 3.8) is 0 Å². The van der Waals surface area contributed by atoms with Gasteiger partial charge in [0.2, 0.25) is 0 Å². The molecule has 35 heavy (non-hydrogen) atoms. The molecule has 0 unspecified atom stereocenters. The van der Waals surface area contributed by atoms with Crippen molar-refractivity contribution in [1.29, 1.82) is 0 Å². The van der Waals surface area contributed by atoms with Crippen molar-refractivity contribution in [1.82, 2.24) is 29.7 Å². The average molecular weight is 514 g/mol. The molecule has 5 rings (SSSR count). The highest BCUT2D eigenvalue weighted by Crippen LogP contribution is 2.41. The number of nitrogens with one attached hydrogen (secondary N) is 2. The highest BCUT2D eigenvalue weighted by atomic mass is 35.5. The van der Waals surface area contributed by atoms with Crippen molar-refractivity contribution in [2.24, 2.45) is 0 Å². The number of aliphatic hydroxyl groups excluding tert-OH is 1. The maximum atomic E-state index is 9.28. The Bertz CT molecular complexity index is 1530. The molecule has 5 aromatic rings. The third-order valence-corrected chi connectivity index (χ3v) is 5.96. The van der Waals surface area contributed by atoms with Gasteiger partial charge in [0.25, 0.3) is 0 Å². The molecule has 0 saturated heterocycles. The Morgan fingerprint density at radius 2 is 1.89 bits per heavy atom. The lowest BCUT2D eigenvalue weighted by Crippen LogP contribution is -2.08. The van der Waals surface area contributed by atoms with Gasteiger partial charge < -0.3 is 24.9 Å². The molecule has 0 saturated carbocycles. The van der Waals surface area contributed by atoms with Gasteiger partial charge in [-0.25, -0.2) is 15.0 Å². The summed E-state index contributed by atoms with van der Waals surface area (Å²) in [5.74, 6) is 2.29. The minimum atomic E-state index is -0.0400. The van der Waals surface area contributed by atoms with E-state index in [2.05, 4.69) is 25.3 Å². The quantitative estimate of drug-likeness (QED) is 0.264. The number of aliphatic hydroxyl groups is 1. The standard InChI is InChI=1S/C23H21Cl2N7O3/c1-34-17-7-12(15(24)8-18(17)35-2)13-9-27-23(26-5-6-33)21-14(13)10-32(31-21)11-20-28-16-3-4-19(25)29-22(16)30-20/h3-4,7-10,33H,5-6,11H2,1-2H3,(H,26,27)(H,28,29,30). The van der Waals surface area contributed by atoms with Crippen LogP contribution in [0.2, 0.25) is 10.2 Å². The van der Waals surface area contributed by atoms with Crippen molar-refractivity contribution in [2.45, 2.75) is 6.54 Å². The fraction of sp³-hybridized carbons (Fsp3) is 0.217. The molecule has 4 aromatic heterocycles. The topological polar surface area (TPSA) is 123 Å². The van der Waals surface area contributed by atoms with Crippen LogP contribution in [0.15, 0.2) is 36.7 Å². The Labute approximate surface area is 209 Å². The molecule has 0 radical (unpaired) electrons. The number of imidazole rings is 1. The lowest BCUT2D eigenvalue weighted by atomic mass is 10.0. The lowest BCUT2D eigenvalue weighted by Gasteiger charge is -2.13. The van der Waals surface area contributed by atoms with Crippen molar-refractivity contribution in [3.8, 4) is 22.6 Å². The maximum Gasteiger partial charge on any atom is 0.179 e. The number of aromatic amines is 1. The summed E-state index contributed by atoms with van der Waals surface area (Å²) < 4.78 is 12.6. The van der Waals surface area contributed by atoms with Crippen LogP contribution in [0, 0.1) is 0 Å². The summed E-state index contributed by atoms with van der Waals surface area (Å²) >= 11 is 12.6. The molecule has 1 aromatic carbocycles. The molecule has 12 heteroatoms. The average Bonchev–Trinajstić information content (AvgIpc) is 3.45. The molecule has 0 spiro atoms. The number of methoxy groups -OCH3 is 2. The number of anilines is 1. The number of hydrogen-bond donors (Lipinski definition) is 3. The van der Waals surface area contributed by atoms with Gasteiger partial charge in [-0.3, -0.25) is 4.68 Å². The number of pyridine rings is 2. The first-order valence-corrected chi connectivity index (χ1v) is 11.4. The largest absolute Gasteiger partial charge is 0.493 e. The second-order valence-corrected chi connectivity index (χ2v) is 8.43. The number of halogens is 2. The molecule has 0 fully saturated rings. The third-order valence-electron chi connectivity index (χ3n) is 5.44. The van der Waals surface area contributed by atoms with Gasteiger partial charge in [-0.05, 0) is 18.2 Å². The Hall–Kier alpha value is -3.60. The summed E-state index contributed by atoms with van der Waals surface area (Å²) in [5, 5.41) is 18.8. The second kappa shape index (κ2) is 9.57. The molecule has 0 aliphatic heterocycles. The Morgan fingerprint density at radius 1 is 1.09 bits per heavy atom. The van der Waals surface area contributed by atoms with E-state index in [9.17, 15) is 5.11 Å². The van der Waals surface area contributed by atoms with Crippen LogP contribution in [-0.4, -0.2) is 62.2 Å². The van der Waals surface area contributed by atoms with Crippen molar-refractivity contribution in [3.05, 3.63) is 52.7 Å². The number of fused-ring (bicyclic) bond motifs is 2. The second-order valence-electron chi connectivity index (χ2n) is 7.64. The first-order valence-electron chi connectivity index (χ1n) is 10.6. The fourth-order valence-corrected chi connectivity index (χ4v) is 4.26. The van der Waals surface area contributed by atoms with Gasteiger partial charge in [0.15, 0.2) is 23.0 Å². The molecule has 10 nitrogen and oxygen atoms in total. The molecule has 0 atom stereocenters.